The molecule has 0 radical (unpaired) electrons. The summed E-state index contributed by atoms with van der Waals surface area (Å²) in [4.78, 5) is 25.1. The van der Waals surface area contributed by atoms with Crippen LogP contribution in [-0.2, 0) is 16.0 Å². The Morgan fingerprint density at radius 1 is 1.24 bits per heavy atom. The number of hydrogen-bond donors (Lipinski definition) is 2. The summed E-state index contributed by atoms with van der Waals surface area (Å²) in [5.74, 6) is -0.407. The Morgan fingerprint density at radius 3 is 2.33 bits per heavy atom. The predicted molar refractivity (Wildman–Crippen MR) is 86.3 cm³/mol. The third-order valence-corrected chi connectivity index (χ3v) is 2.82. The summed E-state index contributed by atoms with van der Waals surface area (Å²) in [6.45, 7) is 3.78. The highest BCUT2D eigenvalue weighted by molar-refractivity contribution is 5.87. The van der Waals surface area contributed by atoms with E-state index < -0.39 is 6.04 Å². The molecule has 0 aliphatic carbocycles. The van der Waals surface area contributed by atoms with Crippen molar-refractivity contribution < 1.29 is 9.59 Å². The predicted octanol–water partition coefficient (Wildman–Crippen LogP) is 0.961. The number of carbonyl (C=O) groups excluding carboxylic acids is 2. The van der Waals surface area contributed by atoms with Gasteiger partial charge >= 0.3 is 0 Å². The molecule has 0 saturated carbocycles. The van der Waals surface area contributed by atoms with Crippen LogP contribution in [0.15, 0.2) is 30.3 Å². The van der Waals surface area contributed by atoms with Gasteiger partial charge in [-0.2, -0.15) is 0 Å². The lowest BCUT2D eigenvalue weighted by Crippen LogP contribution is -2.47. The van der Waals surface area contributed by atoms with Gasteiger partial charge in [-0.05, 0) is 25.8 Å². The quantitative estimate of drug-likeness (QED) is 0.821. The number of halogens is 1. The molecule has 118 valence electrons. The standard InChI is InChI=1S/C15H23N3O2.ClH/c1-11(2)17-14(19)10-18(3)15(20)13(16)9-12-7-5-4-6-8-12;/h4-8,11,13H,9-10,16H2,1-3H3,(H,17,19);1H/t13-;/m0./s1. The van der Waals surface area contributed by atoms with Crippen LogP contribution in [0.1, 0.15) is 19.4 Å². The Hall–Kier alpha value is -1.59. The molecule has 1 aromatic carbocycles. The summed E-state index contributed by atoms with van der Waals surface area (Å²) >= 11 is 0. The van der Waals surface area contributed by atoms with Crippen molar-refractivity contribution in [2.45, 2.75) is 32.4 Å². The van der Waals surface area contributed by atoms with Crippen molar-refractivity contribution in [2.24, 2.45) is 5.73 Å². The third-order valence-electron chi connectivity index (χ3n) is 2.82. The van der Waals surface area contributed by atoms with Crippen LogP contribution in [0.3, 0.4) is 0 Å². The first-order valence-electron chi connectivity index (χ1n) is 6.74. The number of carbonyl (C=O) groups is 2. The first kappa shape index (κ1) is 19.4. The Balaban J connectivity index is 0.00000400. The van der Waals surface area contributed by atoms with E-state index in [-0.39, 0.29) is 36.8 Å². The van der Waals surface area contributed by atoms with Crippen LogP contribution >= 0.6 is 12.4 Å². The maximum absolute atomic E-state index is 12.1. The number of likely N-dealkylation sites (N-methyl/N-ethyl adjacent to an activating group) is 1. The van der Waals surface area contributed by atoms with Gasteiger partial charge in [0.1, 0.15) is 0 Å². The second-order valence-electron chi connectivity index (χ2n) is 5.21. The van der Waals surface area contributed by atoms with Crippen LogP contribution < -0.4 is 11.1 Å². The van der Waals surface area contributed by atoms with Gasteiger partial charge < -0.3 is 16.0 Å². The van der Waals surface area contributed by atoms with E-state index in [0.717, 1.165) is 5.56 Å². The number of nitrogens with two attached hydrogens (primary N) is 1. The first-order chi connectivity index (χ1) is 9.40. The largest absolute Gasteiger partial charge is 0.352 e. The van der Waals surface area contributed by atoms with Gasteiger partial charge in [-0.15, -0.1) is 12.4 Å². The van der Waals surface area contributed by atoms with Crippen molar-refractivity contribution in [3.8, 4) is 0 Å². The third kappa shape index (κ3) is 7.11. The van der Waals surface area contributed by atoms with Crippen molar-refractivity contribution >= 4 is 24.2 Å². The van der Waals surface area contributed by atoms with E-state index in [1.807, 2.05) is 44.2 Å². The topological polar surface area (TPSA) is 75.4 Å². The van der Waals surface area contributed by atoms with E-state index in [2.05, 4.69) is 5.32 Å². The highest BCUT2D eigenvalue weighted by atomic mass is 35.5. The van der Waals surface area contributed by atoms with E-state index in [1.165, 1.54) is 4.90 Å². The Labute approximate surface area is 132 Å². The van der Waals surface area contributed by atoms with Crippen LogP contribution in [0.25, 0.3) is 0 Å². The Morgan fingerprint density at radius 2 is 1.81 bits per heavy atom. The molecular formula is C15H24ClN3O2. The van der Waals surface area contributed by atoms with E-state index >= 15 is 0 Å². The molecule has 1 atom stereocenters. The molecular weight excluding hydrogens is 290 g/mol. The fraction of sp³-hybridized carbons (Fsp3) is 0.467. The molecule has 0 saturated heterocycles. The molecule has 5 nitrogen and oxygen atoms in total. The summed E-state index contributed by atoms with van der Waals surface area (Å²) in [6.07, 6.45) is 0.468. The smallest absolute Gasteiger partial charge is 0.240 e. The molecule has 1 aromatic rings. The zero-order valence-electron chi connectivity index (χ0n) is 12.7. The molecule has 0 aliphatic rings. The summed E-state index contributed by atoms with van der Waals surface area (Å²) in [5.41, 5.74) is 6.91. The van der Waals surface area contributed by atoms with Crippen molar-refractivity contribution in [3.05, 3.63) is 35.9 Å². The lowest BCUT2D eigenvalue weighted by atomic mass is 10.1. The molecule has 0 bridgehead atoms. The van der Waals surface area contributed by atoms with Gasteiger partial charge in [0.05, 0.1) is 12.6 Å². The lowest BCUT2D eigenvalue weighted by molar-refractivity contribution is -0.135. The van der Waals surface area contributed by atoms with Crippen LogP contribution in [0.5, 0.6) is 0 Å². The van der Waals surface area contributed by atoms with Gasteiger partial charge in [-0.3, -0.25) is 9.59 Å². The van der Waals surface area contributed by atoms with Gasteiger partial charge in [0.25, 0.3) is 0 Å². The molecule has 2 amide bonds. The van der Waals surface area contributed by atoms with Crippen molar-refractivity contribution in [2.75, 3.05) is 13.6 Å². The van der Waals surface area contributed by atoms with E-state index in [1.54, 1.807) is 7.05 Å². The summed E-state index contributed by atoms with van der Waals surface area (Å²) in [7, 11) is 1.59. The van der Waals surface area contributed by atoms with Crippen LogP contribution in [-0.4, -0.2) is 42.4 Å². The number of nitrogens with one attached hydrogen (secondary N) is 1. The number of hydrogen-bond acceptors (Lipinski definition) is 3. The molecule has 0 unspecified atom stereocenters. The molecule has 0 aliphatic heterocycles. The number of rotatable bonds is 6. The highest BCUT2D eigenvalue weighted by Crippen LogP contribution is 2.03. The average Bonchev–Trinajstić information content (AvgIpc) is 2.37. The summed E-state index contributed by atoms with van der Waals surface area (Å²) in [5, 5.41) is 2.74. The maximum atomic E-state index is 12.1. The zero-order valence-corrected chi connectivity index (χ0v) is 13.5. The van der Waals surface area contributed by atoms with E-state index in [9.17, 15) is 9.59 Å². The monoisotopic (exact) mass is 313 g/mol. The maximum Gasteiger partial charge on any atom is 0.240 e. The Kier molecular flexibility index (Phi) is 8.66. The average molecular weight is 314 g/mol. The minimum Gasteiger partial charge on any atom is -0.352 e. The van der Waals surface area contributed by atoms with E-state index in [4.69, 9.17) is 5.73 Å². The summed E-state index contributed by atoms with van der Waals surface area (Å²) in [6, 6.07) is 9.02. The van der Waals surface area contributed by atoms with Gasteiger partial charge in [-0.25, -0.2) is 0 Å². The van der Waals surface area contributed by atoms with Crippen LogP contribution in [0, 0.1) is 0 Å². The lowest BCUT2D eigenvalue weighted by Gasteiger charge is -2.21. The Bertz CT molecular complexity index is 451. The number of amides is 2. The molecule has 1 rings (SSSR count). The van der Waals surface area contributed by atoms with Gasteiger partial charge in [0.15, 0.2) is 0 Å². The normalized spacial score (nSPS) is 11.5. The molecule has 0 heterocycles. The molecule has 0 aromatic heterocycles. The van der Waals surface area contributed by atoms with Crippen LogP contribution in [0.4, 0.5) is 0 Å². The first-order valence-corrected chi connectivity index (χ1v) is 6.74. The molecule has 0 spiro atoms. The number of benzene rings is 1. The zero-order chi connectivity index (χ0) is 15.1. The highest BCUT2D eigenvalue weighted by Gasteiger charge is 2.20. The molecule has 3 N–H and O–H groups in total. The van der Waals surface area contributed by atoms with Crippen molar-refractivity contribution in [1.82, 2.24) is 10.2 Å². The summed E-state index contributed by atoms with van der Waals surface area (Å²) < 4.78 is 0. The molecule has 6 heteroatoms. The van der Waals surface area contributed by atoms with Crippen LogP contribution in [0.2, 0.25) is 0 Å². The van der Waals surface area contributed by atoms with Crippen molar-refractivity contribution in [1.29, 1.82) is 0 Å². The van der Waals surface area contributed by atoms with Gasteiger partial charge in [-0.1, -0.05) is 30.3 Å². The molecule has 21 heavy (non-hydrogen) atoms. The fourth-order valence-corrected chi connectivity index (χ4v) is 1.90. The molecule has 0 fully saturated rings. The second kappa shape index (κ2) is 9.37. The number of nitrogens with zero attached hydrogens (tertiary/aromatic N) is 1. The van der Waals surface area contributed by atoms with E-state index in [0.29, 0.717) is 6.42 Å². The van der Waals surface area contributed by atoms with Gasteiger partial charge in [0.2, 0.25) is 11.8 Å². The minimum atomic E-state index is -0.630. The second-order valence-corrected chi connectivity index (χ2v) is 5.21. The SMILES string of the molecule is CC(C)NC(=O)CN(C)C(=O)[C@@H](N)Cc1ccccc1.Cl. The minimum absolute atomic E-state index is 0. The van der Waals surface area contributed by atoms with Gasteiger partial charge in [0, 0.05) is 13.1 Å². The van der Waals surface area contributed by atoms with Crippen molar-refractivity contribution in [3.63, 3.8) is 0 Å². The fourth-order valence-electron chi connectivity index (χ4n) is 1.90.